The van der Waals surface area contributed by atoms with Crippen molar-refractivity contribution in [1.29, 1.82) is 0 Å². The molecular formula is C20H22N4O3S. The molecule has 7 nitrogen and oxygen atoms in total. The number of hydrogen-bond donors (Lipinski definition) is 2. The zero-order valence-corrected chi connectivity index (χ0v) is 16.6. The van der Waals surface area contributed by atoms with Crippen LogP contribution >= 0.6 is 11.8 Å². The number of rotatable bonds is 7. The lowest BCUT2D eigenvalue weighted by molar-refractivity contribution is -0.119. The molecule has 2 amide bonds. The summed E-state index contributed by atoms with van der Waals surface area (Å²) in [6.07, 6.45) is 0. The zero-order chi connectivity index (χ0) is 19.9. The number of amides is 2. The smallest absolute Gasteiger partial charge is 0.269 e. The number of aromatic nitrogens is 2. The maximum absolute atomic E-state index is 12.1. The van der Waals surface area contributed by atoms with Gasteiger partial charge in [-0.3, -0.25) is 20.4 Å². The third kappa shape index (κ3) is 4.64. The molecule has 3 rings (SSSR count). The summed E-state index contributed by atoms with van der Waals surface area (Å²) in [4.78, 5) is 28.8. The van der Waals surface area contributed by atoms with E-state index in [4.69, 9.17) is 4.74 Å². The number of imidazole rings is 1. The van der Waals surface area contributed by atoms with E-state index in [1.165, 1.54) is 11.8 Å². The fourth-order valence-corrected chi connectivity index (χ4v) is 3.58. The Balaban J connectivity index is 1.52. The fourth-order valence-electron chi connectivity index (χ4n) is 2.70. The van der Waals surface area contributed by atoms with Crippen molar-refractivity contribution in [3.05, 3.63) is 54.1 Å². The van der Waals surface area contributed by atoms with Gasteiger partial charge in [0.15, 0.2) is 5.16 Å². The summed E-state index contributed by atoms with van der Waals surface area (Å²) in [6, 6.07) is 14.6. The Kier molecular flexibility index (Phi) is 6.54. The average molecular weight is 398 g/mol. The summed E-state index contributed by atoms with van der Waals surface area (Å²) in [6.45, 7) is 5.25. The van der Waals surface area contributed by atoms with Crippen LogP contribution in [0.25, 0.3) is 11.0 Å². The van der Waals surface area contributed by atoms with Crippen LogP contribution in [0, 0.1) is 0 Å². The lowest BCUT2D eigenvalue weighted by atomic mass is 10.2. The second-order valence-corrected chi connectivity index (χ2v) is 6.82. The molecule has 0 aliphatic carbocycles. The molecule has 146 valence electrons. The molecule has 2 aromatic carbocycles. The number of thioether (sulfide) groups is 1. The minimum Gasteiger partial charge on any atom is -0.494 e. The van der Waals surface area contributed by atoms with Crippen molar-refractivity contribution in [2.24, 2.45) is 0 Å². The zero-order valence-electron chi connectivity index (χ0n) is 15.8. The first-order valence-corrected chi connectivity index (χ1v) is 10.0. The van der Waals surface area contributed by atoms with Gasteiger partial charge in [0.2, 0.25) is 5.91 Å². The molecule has 0 fully saturated rings. The topological polar surface area (TPSA) is 85.2 Å². The van der Waals surface area contributed by atoms with Gasteiger partial charge in [-0.1, -0.05) is 23.9 Å². The van der Waals surface area contributed by atoms with Gasteiger partial charge in [-0.15, -0.1) is 0 Å². The first kappa shape index (κ1) is 19.8. The molecule has 0 saturated heterocycles. The van der Waals surface area contributed by atoms with Gasteiger partial charge in [0.25, 0.3) is 5.91 Å². The minimum absolute atomic E-state index is 0.146. The normalized spacial score (nSPS) is 10.6. The predicted octanol–water partition coefficient (Wildman–Crippen LogP) is 3.01. The number of nitrogens with one attached hydrogen (secondary N) is 2. The first-order chi connectivity index (χ1) is 13.6. The second-order valence-electron chi connectivity index (χ2n) is 5.88. The fraction of sp³-hybridized carbons (Fsp3) is 0.250. The van der Waals surface area contributed by atoms with Crippen molar-refractivity contribution < 1.29 is 14.3 Å². The van der Waals surface area contributed by atoms with Crippen molar-refractivity contribution in [3.8, 4) is 5.75 Å². The van der Waals surface area contributed by atoms with E-state index < -0.39 is 0 Å². The van der Waals surface area contributed by atoms with Crippen molar-refractivity contribution >= 4 is 34.6 Å². The van der Waals surface area contributed by atoms with E-state index in [1.807, 2.05) is 38.1 Å². The third-order valence-electron chi connectivity index (χ3n) is 4.01. The summed E-state index contributed by atoms with van der Waals surface area (Å²) in [5, 5.41) is 0.775. The molecule has 1 aromatic heterocycles. The van der Waals surface area contributed by atoms with E-state index in [2.05, 4.69) is 20.4 Å². The number of ether oxygens (including phenoxy) is 1. The van der Waals surface area contributed by atoms with Crippen molar-refractivity contribution in [2.75, 3.05) is 12.4 Å². The Labute approximate surface area is 167 Å². The molecular weight excluding hydrogens is 376 g/mol. The van der Waals surface area contributed by atoms with Gasteiger partial charge in [0.1, 0.15) is 5.75 Å². The number of carbonyl (C=O) groups is 2. The van der Waals surface area contributed by atoms with Gasteiger partial charge in [-0.25, -0.2) is 4.98 Å². The van der Waals surface area contributed by atoms with Crippen LogP contribution in [0.4, 0.5) is 0 Å². The summed E-state index contributed by atoms with van der Waals surface area (Å²) >= 11 is 1.33. The van der Waals surface area contributed by atoms with Gasteiger partial charge in [0.05, 0.1) is 23.4 Å². The molecule has 1 heterocycles. The molecule has 0 aliphatic rings. The highest BCUT2D eigenvalue weighted by atomic mass is 32.2. The molecule has 0 saturated carbocycles. The van der Waals surface area contributed by atoms with Crippen LogP contribution in [-0.2, 0) is 11.3 Å². The Morgan fingerprint density at radius 3 is 2.54 bits per heavy atom. The van der Waals surface area contributed by atoms with E-state index >= 15 is 0 Å². The second kappa shape index (κ2) is 9.27. The lowest BCUT2D eigenvalue weighted by Gasteiger charge is -2.09. The van der Waals surface area contributed by atoms with E-state index in [1.54, 1.807) is 24.3 Å². The molecule has 2 N–H and O–H groups in total. The molecule has 28 heavy (non-hydrogen) atoms. The average Bonchev–Trinajstić information content (AvgIpc) is 3.08. The van der Waals surface area contributed by atoms with Crippen LogP contribution in [0.1, 0.15) is 24.2 Å². The van der Waals surface area contributed by atoms with Crippen LogP contribution < -0.4 is 15.6 Å². The minimum atomic E-state index is -0.387. The molecule has 0 radical (unpaired) electrons. The van der Waals surface area contributed by atoms with Gasteiger partial charge < -0.3 is 9.30 Å². The van der Waals surface area contributed by atoms with E-state index in [-0.39, 0.29) is 17.6 Å². The number of nitrogens with zero attached hydrogens (tertiary/aromatic N) is 2. The quantitative estimate of drug-likeness (QED) is 0.472. The molecule has 0 unspecified atom stereocenters. The van der Waals surface area contributed by atoms with Gasteiger partial charge >= 0.3 is 0 Å². The molecule has 8 heteroatoms. The van der Waals surface area contributed by atoms with Crippen LogP contribution in [-0.4, -0.2) is 33.7 Å². The van der Waals surface area contributed by atoms with Crippen LogP contribution in [0.3, 0.4) is 0 Å². The van der Waals surface area contributed by atoms with Crippen LogP contribution in [0.5, 0.6) is 5.75 Å². The Bertz CT molecular complexity index is 969. The number of benzene rings is 2. The number of aryl methyl sites for hydroxylation is 1. The third-order valence-corrected chi connectivity index (χ3v) is 4.99. The van der Waals surface area contributed by atoms with Crippen molar-refractivity contribution in [2.45, 2.75) is 25.5 Å². The lowest BCUT2D eigenvalue weighted by Crippen LogP contribution is -2.42. The van der Waals surface area contributed by atoms with E-state index in [0.29, 0.717) is 17.9 Å². The summed E-state index contributed by atoms with van der Waals surface area (Å²) in [7, 11) is 0. The first-order valence-electron chi connectivity index (χ1n) is 9.02. The maximum Gasteiger partial charge on any atom is 0.269 e. The van der Waals surface area contributed by atoms with Gasteiger partial charge in [-0.2, -0.15) is 0 Å². The Hall–Kier alpha value is -3.00. The van der Waals surface area contributed by atoms with E-state index in [0.717, 1.165) is 22.7 Å². The number of hydrazine groups is 1. The highest BCUT2D eigenvalue weighted by Crippen LogP contribution is 2.23. The Morgan fingerprint density at radius 1 is 1.07 bits per heavy atom. The van der Waals surface area contributed by atoms with Crippen LogP contribution in [0.15, 0.2) is 53.7 Å². The molecule has 0 bridgehead atoms. The highest BCUT2D eigenvalue weighted by Gasteiger charge is 2.12. The molecule has 0 aliphatic heterocycles. The molecule has 0 spiro atoms. The summed E-state index contributed by atoms with van der Waals surface area (Å²) < 4.78 is 7.40. The van der Waals surface area contributed by atoms with Gasteiger partial charge in [0, 0.05) is 12.1 Å². The largest absolute Gasteiger partial charge is 0.494 e. The summed E-state index contributed by atoms with van der Waals surface area (Å²) in [5.41, 5.74) is 7.23. The van der Waals surface area contributed by atoms with Crippen LogP contribution in [0.2, 0.25) is 0 Å². The summed E-state index contributed by atoms with van der Waals surface area (Å²) in [5.74, 6) is 0.145. The standard InChI is InChI=1S/C20H22N4O3S/c1-3-24-17-8-6-5-7-16(17)21-20(24)28-13-18(25)22-23-19(26)14-9-11-15(12-10-14)27-4-2/h5-12H,3-4,13H2,1-2H3,(H,22,25)(H,23,26). The number of fused-ring (bicyclic) bond motifs is 1. The monoisotopic (exact) mass is 398 g/mol. The molecule has 0 atom stereocenters. The van der Waals surface area contributed by atoms with Crippen molar-refractivity contribution in [3.63, 3.8) is 0 Å². The predicted molar refractivity (Wildman–Crippen MR) is 109 cm³/mol. The number of hydrogen-bond acceptors (Lipinski definition) is 5. The van der Waals surface area contributed by atoms with E-state index in [9.17, 15) is 9.59 Å². The SMILES string of the molecule is CCOc1ccc(C(=O)NNC(=O)CSc2nc3ccccc3n2CC)cc1. The maximum atomic E-state index is 12.1. The Morgan fingerprint density at radius 2 is 1.82 bits per heavy atom. The highest BCUT2D eigenvalue weighted by molar-refractivity contribution is 7.99. The number of para-hydroxylation sites is 2. The van der Waals surface area contributed by atoms with Gasteiger partial charge in [-0.05, 0) is 50.2 Å². The molecule has 3 aromatic rings. The van der Waals surface area contributed by atoms with Crippen molar-refractivity contribution in [1.82, 2.24) is 20.4 Å². The number of carbonyl (C=O) groups excluding carboxylic acids is 2.